The number of aromatic carboxylic acids is 1. The van der Waals surface area contributed by atoms with Crippen LogP contribution < -0.4 is 9.47 Å². The van der Waals surface area contributed by atoms with Crippen LogP contribution >= 0.6 is 23.2 Å². The Hall–Kier alpha value is -2.42. The molecule has 2 aromatic rings. The second-order valence-corrected chi connectivity index (χ2v) is 6.35. The maximum atomic E-state index is 11.0. The quantitative estimate of drug-likeness (QED) is 0.742. The molecule has 0 aliphatic carbocycles. The van der Waals surface area contributed by atoms with Crippen molar-refractivity contribution in [3.63, 3.8) is 0 Å². The molecule has 0 saturated carbocycles. The molecular formula is C18H15Cl2NO4. The Balaban J connectivity index is 2.53. The molecule has 0 saturated heterocycles. The molecule has 0 radical (unpaired) electrons. The summed E-state index contributed by atoms with van der Waals surface area (Å²) < 4.78 is 11.1. The Morgan fingerprint density at radius 1 is 1.16 bits per heavy atom. The van der Waals surface area contributed by atoms with Crippen LogP contribution in [0.3, 0.4) is 0 Å². The van der Waals surface area contributed by atoms with Crippen LogP contribution in [0.5, 0.6) is 17.2 Å². The zero-order valence-corrected chi connectivity index (χ0v) is 15.3. The van der Waals surface area contributed by atoms with Gasteiger partial charge in [0.2, 0.25) is 0 Å². The first kappa shape index (κ1) is 18.9. The average Bonchev–Trinajstić information content (AvgIpc) is 2.56. The summed E-state index contributed by atoms with van der Waals surface area (Å²) in [4.78, 5) is 11.0. The van der Waals surface area contributed by atoms with Gasteiger partial charge in [0, 0.05) is 11.6 Å². The second-order valence-electron chi connectivity index (χ2n) is 5.54. The summed E-state index contributed by atoms with van der Waals surface area (Å²) in [7, 11) is 1.50. The Morgan fingerprint density at radius 2 is 1.76 bits per heavy atom. The van der Waals surface area contributed by atoms with Gasteiger partial charge in [-0.15, -0.1) is 0 Å². The normalized spacial score (nSPS) is 10.4. The van der Waals surface area contributed by atoms with Gasteiger partial charge in [-0.1, -0.05) is 37.0 Å². The Labute approximate surface area is 155 Å². The third kappa shape index (κ3) is 3.98. The Kier molecular flexibility index (Phi) is 5.78. The standard InChI is InChI=1S/C18H15Cl2NO4/c1-9(2)13-7-12(4-11(8-21)16(13)24-3)25-17-14(19)5-10(18(22)23)6-15(17)20/h4-7,9H,1-3H3,(H,22,23). The highest BCUT2D eigenvalue weighted by atomic mass is 35.5. The fourth-order valence-electron chi connectivity index (χ4n) is 2.32. The number of carboxylic acid groups (broad SMARTS) is 1. The number of hydrogen-bond donors (Lipinski definition) is 1. The van der Waals surface area contributed by atoms with Crippen LogP contribution in [0.4, 0.5) is 0 Å². The van der Waals surface area contributed by atoms with Crippen LogP contribution in [-0.2, 0) is 0 Å². The van der Waals surface area contributed by atoms with Crippen molar-refractivity contribution in [2.45, 2.75) is 19.8 Å². The number of ether oxygens (including phenoxy) is 2. The summed E-state index contributed by atoms with van der Waals surface area (Å²) in [5.41, 5.74) is 1.07. The highest BCUT2D eigenvalue weighted by Gasteiger charge is 2.18. The lowest BCUT2D eigenvalue weighted by Crippen LogP contribution is -2.00. The van der Waals surface area contributed by atoms with Crippen LogP contribution in [0.15, 0.2) is 24.3 Å². The molecule has 2 aromatic carbocycles. The smallest absolute Gasteiger partial charge is 0.335 e. The number of halogens is 2. The summed E-state index contributed by atoms with van der Waals surface area (Å²) >= 11 is 12.2. The molecule has 0 amide bonds. The molecule has 0 heterocycles. The van der Waals surface area contributed by atoms with Crippen LogP contribution in [-0.4, -0.2) is 18.2 Å². The van der Waals surface area contributed by atoms with Gasteiger partial charge in [0.05, 0.1) is 28.3 Å². The van der Waals surface area contributed by atoms with Gasteiger partial charge in [-0.25, -0.2) is 4.79 Å². The van der Waals surface area contributed by atoms with E-state index in [1.54, 1.807) is 6.07 Å². The molecule has 0 aromatic heterocycles. The van der Waals surface area contributed by atoms with Crippen molar-refractivity contribution in [2.24, 2.45) is 0 Å². The largest absolute Gasteiger partial charge is 0.495 e. The molecule has 0 aliphatic rings. The van der Waals surface area contributed by atoms with E-state index in [4.69, 9.17) is 37.8 Å². The van der Waals surface area contributed by atoms with E-state index in [1.165, 1.54) is 25.3 Å². The minimum atomic E-state index is -1.14. The lowest BCUT2D eigenvalue weighted by Gasteiger charge is -2.16. The monoisotopic (exact) mass is 379 g/mol. The van der Waals surface area contributed by atoms with Gasteiger partial charge < -0.3 is 14.6 Å². The molecule has 5 nitrogen and oxygen atoms in total. The molecule has 7 heteroatoms. The van der Waals surface area contributed by atoms with Gasteiger partial charge in [-0.3, -0.25) is 0 Å². The predicted octanol–water partition coefficient (Wildman–Crippen LogP) is 5.49. The van der Waals surface area contributed by atoms with E-state index in [2.05, 4.69) is 6.07 Å². The first-order valence-corrected chi connectivity index (χ1v) is 8.06. The lowest BCUT2D eigenvalue weighted by molar-refractivity contribution is 0.0697. The van der Waals surface area contributed by atoms with Gasteiger partial charge in [-0.2, -0.15) is 5.26 Å². The fourth-order valence-corrected chi connectivity index (χ4v) is 2.89. The molecule has 0 fully saturated rings. The average molecular weight is 380 g/mol. The molecule has 0 unspecified atom stereocenters. The third-order valence-electron chi connectivity index (χ3n) is 3.50. The maximum Gasteiger partial charge on any atom is 0.335 e. The van der Waals surface area contributed by atoms with E-state index in [-0.39, 0.29) is 27.3 Å². The number of benzene rings is 2. The van der Waals surface area contributed by atoms with Crippen molar-refractivity contribution < 1.29 is 19.4 Å². The Morgan fingerprint density at radius 3 is 2.20 bits per heavy atom. The van der Waals surface area contributed by atoms with Gasteiger partial charge in [-0.05, 0) is 24.1 Å². The second kappa shape index (κ2) is 7.64. The number of nitrogens with zero attached hydrogens (tertiary/aromatic N) is 1. The number of methoxy groups -OCH3 is 1. The summed E-state index contributed by atoms with van der Waals surface area (Å²) in [5, 5.41) is 18.5. The van der Waals surface area contributed by atoms with Gasteiger partial charge >= 0.3 is 5.97 Å². The number of carbonyl (C=O) groups is 1. The highest BCUT2D eigenvalue weighted by Crippen LogP contribution is 2.40. The summed E-state index contributed by atoms with van der Waals surface area (Å²) in [6, 6.07) is 7.83. The zero-order valence-electron chi connectivity index (χ0n) is 13.8. The summed E-state index contributed by atoms with van der Waals surface area (Å²) in [6.07, 6.45) is 0. The van der Waals surface area contributed by atoms with Gasteiger partial charge in [0.1, 0.15) is 17.6 Å². The summed E-state index contributed by atoms with van der Waals surface area (Å²) in [6.45, 7) is 3.93. The minimum absolute atomic E-state index is 0.0438. The molecule has 2 rings (SSSR count). The van der Waals surface area contributed by atoms with E-state index in [9.17, 15) is 10.1 Å². The van der Waals surface area contributed by atoms with E-state index < -0.39 is 5.97 Å². The molecule has 0 bridgehead atoms. The molecule has 1 N–H and O–H groups in total. The van der Waals surface area contributed by atoms with Crippen LogP contribution in [0.2, 0.25) is 10.0 Å². The van der Waals surface area contributed by atoms with Crippen molar-refractivity contribution in [3.05, 3.63) is 51.0 Å². The predicted molar refractivity (Wildman–Crippen MR) is 95.3 cm³/mol. The number of carboxylic acids is 1. The molecule has 25 heavy (non-hydrogen) atoms. The highest BCUT2D eigenvalue weighted by molar-refractivity contribution is 6.37. The first-order chi connectivity index (χ1) is 11.8. The maximum absolute atomic E-state index is 11.0. The van der Waals surface area contributed by atoms with E-state index in [0.717, 1.165) is 5.56 Å². The fraction of sp³-hybridized carbons (Fsp3) is 0.222. The number of nitriles is 1. The van der Waals surface area contributed by atoms with Crippen molar-refractivity contribution in [1.82, 2.24) is 0 Å². The van der Waals surface area contributed by atoms with E-state index in [1.807, 2.05) is 13.8 Å². The van der Waals surface area contributed by atoms with Crippen LogP contribution in [0, 0.1) is 11.3 Å². The minimum Gasteiger partial charge on any atom is -0.495 e. The third-order valence-corrected chi connectivity index (χ3v) is 4.06. The van der Waals surface area contributed by atoms with Gasteiger partial charge in [0.25, 0.3) is 0 Å². The van der Waals surface area contributed by atoms with Gasteiger partial charge in [0.15, 0.2) is 5.75 Å². The number of hydrogen-bond acceptors (Lipinski definition) is 4. The van der Waals surface area contributed by atoms with E-state index in [0.29, 0.717) is 17.1 Å². The van der Waals surface area contributed by atoms with Crippen molar-refractivity contribution in [2.75, 3.05) is 7.11 Å². The van der Waals surface area contributed by atoms with Crippen molar-refractivity contribution in [1.29, 1.82) is 5.26 Å². The topological polar surface area (TPSA) is 79.5 Å². The summed E-state index contributed by atoms with van der Waals surface area (Å²) in [5.74, 6) is -0.0899. The molecule has 0 aliphatic heterocycles. The number of rotatable bonds is 5. The SMILES string of the molecule is COc1c(C#N)cc(Oc2c(Cl)cc(C(=O)O)cc2Cl)cc1C(C)C. The van der Waals surface area contributed by atoms with Crippen molar-refractivity contribution in [3.8, 4) is 23.3 Å². The van der Waals surface area contributed by atoms with E-state index >= 15 is 0 Å². The molecule has 0 atom stereocenters. The van der Waals surface area contributed by atoms with Crippen LogP contribution in [0.25, 0.3) is 0 Å². The molecular weight excluding hydrogens is 365 g/mol. The van der Waals surface area contributed by atoms with Crippen molar-refractivity contribution >= 4 is 29.2 Å². The molecule has 0 spiro atoms. The molecule has 130 valence electrons. The van der Waals surface area contributed by atoms with Crippen LogP contribution in [0.1, 0.15) is 41.3 Å². The lowest BCUT2D eigenvalue weighted by atomic mass is 9.99. The first-order valence-electron chi connectivity index (χ1n) is 7.30. The zero-order chi connectivity index (χ0) is 18.7. The Bertz CT molecular complexity index is 849.